The lowest BCUT2D eigenvalue weighted by atomic mass is 9.89. The third-order valence-electron chi connectivity index (χ3n) is 5.44. The van der Waals surface area contributed by atoms with E-state index >= 15 is 0 Å². The number of hydrogen-bond acceptors (Lipinski definition) is 1. The summed E-state index contributed by atoms with van der Waals surface area (Å²) in [5, 5.41) is 2.45. The van der Waals surface area contributed by atoms with Crippen LogP contribution in [0.2, 0.25) is 0 Å². The minimum absolute atomic E-state index is 0.792. The molecule has 5 aromatic rings. The van der Waals surface area contributed by atoms with Gasteiger partial charge in [0.1, 0.15) is 0 Å². The molecule has 0 aliphatic carbocycles. The predicted molar refractivity (Wildman–Crippen MR) is 125 cm³/mol. The van der Waals surface area contributed by atoms with E-state index in [0.29, 0.717) is 0 Å². The highest BCUT2D eigenvalue weighted by molar-refractivity contribution is 6.08. The lowest BCUT2D eigenvalue weighted by Gasteiger charge is -2.15. The Labute approximate surface area is 171 Å². The highest BCUT2D eigenvalue weighted by atomic mass is 14.6. The largest absolute Gasteiger partial charge is 0.398 e. The third kappa shape index (κ3) is 3.17. The quantitative estimate of drug-likeness (QED) is 0.328. The molecule has 0 fully saturated rings. The summed E-state index contributed by atoms with van der Waals surface area (Å²) in [5.74, 6) is 0. The molecular weight excluding hydrogens is 350 g/mol. The van der Waals surface area contributed by atoms with Gasteiger partial charge in [-0.05, 0) is 50.7 Å². The van der Waals surface area contributed by atoms with Gasteiger partial charge in [-0.2, -0.15) is 0 Å². The first-order valence-electron chi connectivity index (χ1n) is 9.84. The summed E-state index contributed by atoms with van der Waals surface area (Å²) >= 11 is 0. The predicted octanol–water partition coefficient (Wildman–Crippen LogP) is 7.42. The van der Waals surface area contributed by atoms with Gasteiger partial charge in [-0.3, -0.25) is 0 Å². The number of nitrogens with two attached hydrogens (primary N) is 1. The maximum absolute atomic E-state index is 6.48. The number of fused-ring (bicyclic) bond motifs is 1. The fourth-order valence-corrected chi connectivity index (χ4v) is 4.02. The smallest absolute Gasteiger partial charge is 0.0394 e. The number of nitrogen functional groups attached to an aromatic ring is 1. The van der Waals surface area contributed by atoms with Crippen molar-refractivity contribution in [2.75, 3.05) is 5.73 Å². The highest BCUT2D eigenvalue weighted by Gasteiger charge is 2.13. The van der Waals surface area contributed by atoms with Crippen molar-refractivity contribution in [3.8, 4) is 33.4 Å². The van der Waals surface area contributed by atoms with Crippen molar-refractivity contribution in [1.29, 1.82) is 0 Å². The lowest BCUT2D eigenvalue weighted by Crippen LogP contribution is -1.93. The van der Waals surface area contributed by atoms with Crippen molar-refractivity contribution in [3.05, 3.63) is 115 Å². The summed E-state index contributed by atoms with van der Waals surface area (Å²) in [6.45, 7) is 0. The summed E-state index contributed by atoms with van der Waals surface area (Å²) in [6, 6.07) is 40.2. The highest BCUT2D eigenvalue weighted by Crippen LogP contribution is 2.39. The Morgan fingerprint density at radius 3 is 1.72 bits per heavy atom. The number of rotatable bonds is 3. The maximum atomic E-state index is 6.48. The third-order valence-corrected chi connectivity index (χ3v) is 5.44. The van der Waals surface area contributed by atoms with E-state index < -0.39 is 0 Å². The van der Waals surface area contributed by atoms with Crippen LogP contribution in [0.25, 0.3) is 44.2 Å². The molecule has 0 atom stereocenters. The van der Waals surface area contributed by atoms with Crippen LogP contribution in [0.15, 0.2) is 115 Å². The van der Waals surface area contributed by atoms with Crippen LogP contribution in [0, 0.1) is 0 Å². The Bertz CT molecular complexity index is 1280. The van der Waals surface area contributed by atoms with E-state index in [0.717, 1.165) is 16.8 Å². The zero-order valence-electron chi connectivity index (χ0n) is 16.0. The van der Waals surface area contributed by atoms with E-state index in [9.17, 15) is 0 Å². The molecule has 138 valence electrons. The first kappa shape index (κ1) is 17.3. The van der Waals surface area contributed by atoms with Crippen molar-refractivity contribution in [2.45, 2.75) is 0 Å². The van der Waals surface area contributed by atoms with E-state index in [1.807, 2.05) is 12.1 Å². The van der Waals surface area contributed by atoms with Crippen molar-refractivity contribution in [1.82, 2.24) is 0 Å². The zero-order chi connectivity index (χ0) is 19.6. The molecule has 0 saturated heterocycles. The summed E-state index contributed by atoms with van der Waals surface area (Å²) in [5.41, 5.74) is 14.3. The Kier molecular flexibility index (Phi) is 4.34. The second kappa shape index (κ2) is 7.29. The molecular formula is C28H21N. The average Bonchev–Trinajstić information content (AvgIpc) is 2.80. The Hall–Kier alpha value is -3.84. The van der Waals surface area contributed by atoms with Crippen LogP contribution < -0.4 is 5.73 Å². The Morgan fingerprint density at radius 2 is 1.03 bits per heavy atom. The number of anilines is 1. The van der Waals surface area contributed by atoms with Crippen LogP contribution in [0.1, 0.15) is 0 Å². The molecule has 5 aromatic carbocycles. The van der Waals surface area contributed by atoms with Crippen LogP contribution in [-0.4, -0.2) is 0 Å². The van der Waals surface area contributed by atoms with Crippen molar-refractivity contribution in [3.63, 3.8) is 0 Å². The van der Waals surface area contributed by atoms with Gasteiger partial charge in [-0.15, -0.1) is 0 Å². The number of benzene rings is 5. The van der Waals surface area contributed by atoms with E-state index in [1.165, 1.54) is 33.0 Å². The maximum Gasteiger partial charge on any atom is 0.0394 e. The minimum atomic E-state index is 0.792. The zero-order valence-corrected chi connectivity index (χ0v) is 16.0. The van der Waals surface area contributed by atoms with Crippen LogP contribution in [0.4, 0.5) is 5.69 Å². The lowest BCUT2D eigenvalue weighted by molar-refractivity contribution is 1.59. The van der Waals surface area contributed by atoms with Crippen molar-refractivity contribution >= 4 is 16.5 Å². The van der Waals surface area contributed by atoms with Gasteiger partial charge < -0.3 is 5.73 Å². The Balaban J connectivity index is 1.78. The molecule has 0 aliphatic heterocycles. The molecule has 0 bridgehead atoms. The average molecular weight is 371 g/mol. The van der Waals surface area contributed by atoms with E-state index in [2.05, 4.69) is 103 Å². The first-order valence-corrected chi connectivity index (χ1v) is 9.84. The molecule has 1 nitrogen and oxygen atoms in total. The molecule has 0 aromatic heterocycles. The molecule has 29 heavy (non-hydrogen) atoms. The molecule has 0 radical (unpaired) electrons. The molecule has 1 heteroatoms. The fourth-order valence-electron chi connectivity index (χ4n) is 4.02. The molecule has 0 amide bonds. The normalized spacial score (nSPS) is 10.9. The summed E-state index contributed by atoms with van der Waals surface area (Å²) in [4.78, 5) is 0. The Morgan fingerprint density at radius 1 is 0.414 bits per heavy atom. The van der Waals surface area contributed by atoms with E-state index in [1.54, 1.807) is 0 Å². The van der Waals surface area contributed by atoms with Gasteiger partial charge in [0.05, 0.1) is 0 Å². The minimum Gasteiger partial charge on any atom is -0.398 e. The second-order valence-corrected chi connectivity index (χ2v) is 7.24. The second-order valence-electron chi connectivity index (χ2n) is 7.24. The fraction of sp³-hybridized carbons (Fsp3) is 0. The van der Waals surface area contributed by atoms with Gasteiger partial charge in [-0.25, -0.2) is 0 Å². The molecule has 0 spiro atoms. The molecule has 2 N–H and O–H groups in total. The molecule has 0 aliphatic rings. The molecule has 0 saturated carbocycles. The van der Waals surface area contributed by atoms with Gasteiger partial charge >= 0.3 is 0 Å². The number of hydrogen-bond donors (Lipinski definition) is 1. The van der Waals surface area contributed by atoms with E-state index in [-0.39, 0.29) is 0 Å². The van der Waals surface area contributed by atoms with Crippen LogP contribution in [0.3, 0.4) is 0 Å². The van der Waals surface area contributed by atoms with Crippen molar-refractivity contribution < 1.29 is 0 Å². The molecule has 0 unspecified atom stereocenters. The van der Waals surface area contributed by atoms with Crippen LogP contribution >= 0.6 is 0 Å². The molecule has 0 heterocycles. The summed E-state index contributed by atoms with van der Waals surface area (Å²) in [6.07, 6.45) is 0. The van der Waals surface area contributed by atoms with E-state index in [4.69, 9.17) is 5.73 Å². The SMILES string of the molecule is Nc1ccc(-c2ccccc2)cc1-c1cccc2cccc(-c3ccccc3)c12. The topological polar surface area (TPSA) is 26.0 Å². The molecule has 5 rings (SSSR count). The van der Waals surface area contributed by atoms with Crippen molar-refractivity contribution in [2.24, 2.45) is 0 Å². The monoisotopic (exact) mass is 371 g/mol. The van der Waals surface area contributed by atoms with Gasteiger partial charge in [0, 0.05) is 11.3 Å². The standard InChI is InChI=1S/C28H21N/c29-27-18-17-23(20-9-3-1-4-10-20)19-26(27)25-16-8-14-22-13-7-15-24(28(22)25)21-11-5-2-6-12-21/h1-19H,29H2. The summed E-state index contributed by atoms with van der Waals surface area (Å²) in [7, 11) is 0. The van der Waals surface area contributed by atoms with Gasteiger partial charge in [0.15, 0.2) is 0 Å². The van der Waals surface area contributed by atoms with Gasteiger partial charge in [-0.1, -0.05) is 103 Å². The van der Waals surface area contributed by atoms with Crippen LogP contribution in [-0.2, 0) is 0 Å². The summed E-state index contributed by atoms with van der Waals surface area (Å²) < 4.78 is 0. The van der Waals surface area contributed by atoms with Gasteiger partial charge in [0.25, 0.3) is 0 Å². The van der Waals surface area contributed by atoms with Gasteiger partial charge in [0.2, 0.25) is 0 Å². The van der Waals surface area contributed by atoms with Crippen LogP contribution in [0.5, 0.6) is 0 Å². The first-order chi connectivity index (χ1) is 14.3.